The van der Waals surface area contributed by atoms with E-state index >= 15 is 0 Å². The van der Waals surface area contributed by atoms with E-state index in [1.807, 2.05) is 0 Å². The first-order chi connectivity index (χ1) is 7.17. The van der Waals surface area contributed by atoms with Gasteiger partial charge in [-0.15, -0.1) is 0 Å². The van der Waals surface area contributed by atoms with Gasteiger partial charge in [0, 0.05) is 6.08 Å². The van der Waals surface area contributed by atoms with Crippen molar-refractivity contribution in [2.75, 3.05) is 14.2 Å². The van der Waals surface area contributed by atoms with Crippen LogP contribution in [0.5, 0.6) is 11.5 Å². The minimum atomic E-state index is -0.429. The number of hydrogen-bond acceptors (Lipinski definition) is 4. The van der Waals surface area contributed by atoms with Crippen molar-refractivity contribution < 1.29 is 19.4 Å². The zero-order valence-electron chi connectivity index (χ0n) is 8.56. The summed E-state index contributed by atoms with van der Waals surface area (Å²) in [5.41, 5.74) is 0.745. The maximum absolute atomic E-state index is 10.8. The normalized spacial score (nSPS) is 10.3. The third kappa shape index (κ3) is 3.02. The van der Waals surface area contributed by atoms with E-state index in [0.29, 0.717) is 5.75 Å². The Balaban J connectivity index is 2.87. The lowest BCUT2D eigenvalue weighted by atomic mass is 10.2. The van der Waals surface area contributed by atoms with Crippen LogP contribution < -0.4 is 4.74 Å². The fourth-order valence-corrected chi connectivity index (χ4v) is 1.03. The summed E-state index contributed by atoms with van der Waals surface area (Å²) < 4.78 is 9.36. The highest BCUT2D eigenvalue weighted by Gasteiger charge is 2.00. The minimum absolute atomic E-state index is 0.0627. The molecule has 0 amide bonds. The standard InChI is InChI=1S/C11H12O4/c1-14-10-7-8(3-5-9(10)12)4-6-11(13)15-2/h3-7,12H,1-2H3/b6-4-. The van der Waals surface area contributed by atoms with Crippen molar-refractivity contribution in [2.24, 2.45) is 0 Å². The molecule has 0 saturated heterocycles. The van der Waals surface area contributed by atoms with E-state index in [-0.39, 0.29) is 5.75 Å². The van der Waals surface area contributed by atoms with Crippen LogP contribution in [0.15, 0.2) is 24.3 Å². The molecule has 4 heteroatoms. The SMILES string of the molecule is COC(=O)/C=C\c1ccc(O)c(OC)c1. The van der Waals surface area contributed by atoms with Gasteiger partial charge in [0.05, 0.1) is 14.2 Å². The Labute approximate surface area is 87.7 Å². The van der Waals surface area contributed by atoms with Crippen LogP contribution in [0, 0.1) is 0 Å². The monoisotopic (exact) mass is 208 g/mol. The number of carbonyl (C=O) groups excluding carboxylic acids is 1. The minimum Gasteiger partial charge on any atom is -0.504 e. The van der Waals surface area contributed by atoms with Crippen molar-refractivity contribution in [2.45, 2.75) is 0 Å². The molecule has 1 aromatic carbocycles. The van der Waals surface area contributed by atoms with Crippen molar-refractivity contribution in [3.8, 4) is 11.5 Å². The van der Waals surface area contributed by atoms with Crippen molar-refractivity contribution in [3.63, 3.8) is 0 Å². The van der Waals surface area contributed by atoms with Gasteiger partial charge in [0.25, 0.3) is 0 Å². The van der Waals surface area contributed by atoms with Gasteiger partial charge < -0.3 is 14.6 Å². The van der Waals surface area contributed by atoms with Crippen LogP contribution in [0.3, 0.4) is 0 Å². The lowest BCUT2D eigenvalue weighted by molar-refractivity contribution is -0.134. The quantitative estimate of drug-likeness (QED) is 0.605. The van der Waals surface area contributed by atoms with Gasteiger partial charge in [-0.05, 0) is 23.8 Å². The number of methoxy groups -OCH3 is 2. The molecule has 0 saturated carbocycles. The second kappa shape index (κ2) is 5.05. The summed E-state index contributed by atoms with van der Waals surface area (Å²) in [5.74, 6) is -0.00299. The van der Waals surface area contributed by atoms with E-state index in [2.05, 4.69) is 4.74 Å². The fraction of sp³-hybridized carbons (Fsp3) is 0.182. The average molecular weight is 208 g/mol. The molecule has 1 N–H and O–H groups in total. The van der Waals surface area contributed by atoms with E-state index < -0.39 is 5.97 Å². The molecule has 80 valence electrons. The molecular formula is C11H12O4. The molecule has 0 heterocycles. The number of aromatic hydroxyl groups is 1. The van der Waals surface area contributed by atoms with E-state index in [4.69, 9.17) is 4.74 Å². The Hall–Kier alpha value is -1.97. The third-order valence-electron chi connectivity index (χ3n) is 1.82. The highest BCUT2D eigenvalue weighted by atomic mass is 16.5. The molecule has 0 unspecified atom stereocenters. The van der Waals surface area contributed by atoms with Crippen molar-refractivity contribution in [1.29, 1.82) is 0 Å². The highest BCUT2D eigenvalue weighted by molar-refractivity contribution is 5.87. The van der Waals surface area contributed by atoms with Crippen LogP contribution in [0.1, 0.15) is 5.56 Å². The molecule has 0 bridgehead atoms. The van der Waals surface area contributed by atoms with Gasteiger partial charge in [0.2, 0.25) is 0 Å². The summed E-state index contributed by atoms with van der Waals surface area (Å²) in [4.78, 5) is 10.8. The van der Waals surface area contributed by atoms with Gasteiger partial charge in [0.1, 0.15) is 0 Å². The van der Waals surface area contributed by atoms with Gasteiger partial charge in [-0.3, -0.25) is 0 Å². The van der Waals surface area contributed by atoms with E-state index in [9.17, 15) is 9.90 Å². The molecule has 1 aromatic rings. The lowest BCUT2D eigenvalue weighted by Gasteiger charge is -2.03. The molecule has 4 nitrogen and oxygen atoms in total. The number of phenols is 1. The van der Waals surface area contributed by atoms with Gasteiger partial charge in [-0.2, -0.15) is 0 Å². The molecular weight excluding hydrogens is 196 g/mol. The van der Waals surface area contributed by atoms with Crippen LogP contribution in [0.25, 0.3) is 6.08 Å². The van der Waals surface area contributed by atoms with Gasteiger partial charge in [-0.25, -0.2) is 4.79 Å². The zero-order chi connectivity index (χ0) is 11.3. The summed E-state index contributed by atoms with van der Waals surface area (Å²) in [6, 6.07) is 4.78. The van der Waals surface area contributed by atoms with Gasteiger partial charge in [0.15, 0.2) is 11.5 Å². The predicted octanol–water partition coefficient (Wildman–Crippen LogP) is 1.59. The number of benzene rings is 1. The molecule has 0 aliphatic heterocycles. The number of rotatable bonds is 3. The summed E-state index contributed by atoms with van der Waals surface area (Å²) in [6.07, 6.45) is 2.87. The largest absolute Gasteiger partial charge is 0.504 e. The van der Waals surface area contributed by atoms with E-state index in [1.165, 1.54) is 26.4 Å². The Bertz CT molecular complexity index is 382. The number of hydrogen-bond donors (Lipinski definition) is 1. The maximum atomic E-state index is 10.8. The zero-order valence-corrected chi connectivity index (χ0v) is 8.56. The first-order valence-electron chi connectivity index (χ1n) is 4.30. The molecule has 0 radical (unpaired) electrons. The van der Waals surface area contributed by atoms with Crippen LogP contribution in [0.4, 0.5) is 0 Å². The number of ether oxygens (including phenoxy) is 2. The van der Waals surface area contributed by atoms with Crippen molar-refractivity contribution >= 4 is 12.0 Å². The van der Waals surface area contributed by atoms with Crippen LogP contribution in [-0.2, 0) is 9.53 Å². The van der Waals surface area contributed by atoms with E-state index in [1.54, 1.807) is 18.2 Å². The molecule has 15 heavy (non-hydrogen) atoms. The smallest absolute Gasteiger partial charge is 0.330 e. The topological polar surface area (TPSA) is 55.8 Å². The fourth-order valence-electron chi connectivity index (χ4n) is 1.03. The molecule has 0 aromatic heterocycles. The second-order valence-electron chi connectivity index (χ2n) is 2.79. The van der Waals surface area contributed by atoms with E-state index in [0.717, 1.165) is 5.56 Å². The number of phenolic OH excluding ortho intramolecular Hbond substituents is 1. The Morgan fingerprint density at radius 2 is 2.13 bits per heavy atom. The molecule has 0 aliphatic rings. The summed E-state index contributed by atoms with van der Waals surface area (Å²) >= 11 is 0. The van der Waals surface area contributed by atoms with Gasteiger partial charge >= 0.3 is 5.97 Å². The second-order valence-corrected chi connectivity index (χ2v) is 2.79. The highest BCUT2D eigenvalue weighted by Crippen LogP contribution is 2.26. The average Bonchev–Trinajstić information content (AvgIpc) is 2.27. The van der Waals surface area contributed by atoms with Crippen LogP contribution in [0.2, 0.25) is 0 Å². The molecule has 1 rings (SSSR count). The van der Waals surface area contributed by atoms with Gasteiger partial charge in [-0.1, -0.05) is 6.07 Å². The Morgan fingerprint density at radius 3 is 2.73 bits per heavy atom. The molecule has 0 spiro atoms. The number of esters is 1. The molecule has 0 fully saturated rings. The predicted molar refractivity (Wildman–Crippen MR) is 55.7 cm³/mol. The molecule has 0 aliphatic carbocycles. The lowest BCUT2D eigenvalue weighted by Crippen LogP contribution is -1.93. The van der Waals surface area contributed by atoms with Crippen LogP contribution >= 0.6 is 0 Å². The van der Waals surface area contributed by atoms with Crippen molar-refractivity contribution in [1.82, 2.24) is 0 Å². The first-order valence-corrected chi connectivity index (χ1v) is 4.30. The number of carbonyl (C=O) groups is 1. The summed E-state index contributed by atoms with van der Waals surface area (Å²) in [6.45, 7) is 0. The third-order valence-corrected chi connectivity index (χ3v) is 1.82. The Morgan fingerprint density at radius 1 is 1.40 bits per heavy atom. The summed E-state index contributed by atoms with van der Waals surface area (Å²) in [5, 5.41) is 9.32. The first kappa shape index (κ1) is 11.1. The maximum Gasteiger partial charge on any atom is 0.330 e. The Kier molecular flexibility index (Phi) is 3.74. The summed E-state index contributed by atoms with van der Waals surface area (Å²) in [7, 11) is 2.77. The van der Waals surface area contributed by atoms with Crippen LogP contribution in [-0.4, -0.2) is 25.3 Å². The molecule has 0 atom stereocenters. The van der Waals surface area contributed by atoms with Crippen molar-refractivity contribution in [3.05, 3.63) is 29.8 Å².